The average molecular weight is 269 g/mol. The summed E-state index contributed by atoms with van der Waals surface area (Å²) in [6.45, 7) is 5.43. The van der Waals surface area contributed by atoms with Gasteiger partial charge >= 0.3 is 0 Å². The van der Waals surface area contributed by atoms with E-state index in [-0.39, 0.29) is 18.1 Å². The van der Waals surface area contributed by atoms with Crippen LogP contribution >= 0.6 is 0 Å². The van der Waals surface area contributed by atoms with Gasteiger partial charge in [0.2, 0.25) is 0 Å². The van der Waals surface area contributed by atoms with E-state index >= 15 is 0 Å². The predicted molar refractivity (Wildman–Crippen MR) is 70.8 cm³/mol. The van der Waals surface area contributed by atoms with Crippen LogP contribution in [-0.2, 0) is 0 Å². The highest BCUT2D eigenvalue weighted by molar-refractivity contribution is 5.22. The predicted octanol–water partition coefficient (Wildman–Crippen LogP) is 3.12. The van der Waals surface area contributed by atoms with Gasteiger partial charge in [-0.15, -0.1) is 0 Å². The lowest BCUT2D eigenvalue weighted by molar-refractivity contribution is 0.121. The fourth-order valence-electron chi connectivity index (χ4n) is 2.94. The molecule has 0 radical (unpaired) electrons. The number of hydrogen-bond acceptors (Lipinski definition) is 2. The van der Waals surface area contributed by atoms with E-state index in [1.165, 1.54) is 12.1 Å². The third kappa shape index (κ3) is 3.12. The summed E-state index contributed by atoms with van der Waals surface area (Å²) in [5.74, 6) is -0.774. The van der Waals surface area contributed by atoms with Gasteiger partial charge in [-0.25, -0.2) is 8.78 Å². The van der Waals surface area contributed by atoms with E-state index in [0.717, 1.165) is 32.0 Å². The van der Waals surface area contributed by atoms with Crippen LogP contribution in [-0.4, -0.2) is 29.2 Å². The van der Waals surface area contributed by atoms with Crippen LogP contribution in [0.15, 0.2) is 18.2 Å². The summed E-state index contributed by atoms with van der Waals surface area (Å²) in [7, 11) is 0. The first kappa shape index (κ1) is 14.4. The van der Waals surface area contributed by atoms with E-state index in [1.54, 1.807) is 6.92 Å². The van der Waals surface area contributed by atoms with E-state index in [2.05, 4.69) is 4.90 Å². The van der Waals surface area contributed by atoms with Crippen LogP contribution in [0.1, 0.15) is 38.3 Å². The van der Waals surface area contributed by atoms with Gasteiger partial charge in [-0.1, -0.05) is 13.0 Å². The number of likely N-dealkylation sites (tertiary alicyclic amines) is 1. The Morgan fingerprint density at radius 1 is 1.42 bits per heavy atom. The van der Waals surface area contributed by atoms with Gasteiger partial charge in [-0.05, 0) is 38.3 Å². The van der Waals surface area contributed by atoms with E-state index < -0.39 is 11.6 Å². The van der Waals surface area contributed by atoms with E-state index in [1.807, 2.05) is 6.92 Å². The topological polar surface area (TPSA) is 23.5 Å². The first-order valence-electron chi connectivity index (χ1n) is 6.90. The van der Waals surface area contributed by atoms with Crippen molar-refractivity contribution in [3.05, 3.63) is 35.4 Å². The number of benzene rings is 1. The fraction of sp³-hybridized carbons (Fsp3) is 0.600. The summed E-state index contributed by atoms with van der Waals surface area (Å²) >= 11 is 0. The molecule has 3 atom stereocenters. The number of halogens is 2. The SMILES string of the molecule is CCC(c1ccc(F)cc1F)N1CCC(C(C)O)C1. The first-order chi connectivity index (χ1) is 9.02. The molecule has 0 aromatic heterocycles. The average Bonchev–Trinajstić information content (AvgIpc) is 2.82. The summed E-state index contributed by atoms with van der Waals surface area (Å²) in [6, 6.07) is 3.75. The van der Waals surface area contributed by atoms with Crippen molar-refractivity contribution in [2.24, 2.45) is 5.92 Å². The lowest BCUT2D eigenvalue weighted by Crippen LogP contribution is -2.28. The van der Waals surface area contributed by atoms with Gasteiger partial charge in [-0.3, -0.25) is 4.90 Å². The van der Waals surface area contributed by atoms with E-state index in [9.17, 15) is 13.9 Å². The summed E-state index contributed by atoms with van der Waals surface area (Å²) in [5, 5.41) is 9.64. The highest BCUT2D eigenvalue weighted by atomic mass is 19.1. The molecule has 1 N–H and O–H groups in total. The molecule has 1 saturated heterocycles. The second kappa shape index (κ2) is 5.97. The van der Waals surface area contributed by atoms with Crippen molar-refractivity contribution < 1.29 is 13.9 Å². The van der Waals surface area contributed by atoms with Crippen molar-refractivity contribution in [1.29, 1.82) is 0 Å². The number of nitrogens with zero attached hydrogens (tertiary/aromatic N) is 1. The minimum absolute atomic E-state index is 0.0376. The highest BCUT2D eigenvalue weighted by Gasteiger charge is 2.31. The second-order valence-corrected chi connectivity index (χ2v) is 5.37. The largest absolute Gasteiger partial charge is 0.393 e. The first-order valence-corrected chi connectivity index (χ1v) is 6.90. The summed E-state index contributed by atoms with van der Waals surface area (Å²) < 4.78 is 26.9. The van der Waals surface area contributed by atoms with Gasteiger partial charge < -0.3 is 5.11 Å². The maximum Gasteiger partial charge on any atom is 0.130 e. The summed E-state index contributed by atoms with van der Waals surface area (Å²) in [5.41, 5.74) is 0.551. The Balaban J connectivity index is 2.16. The van der Waals surface area contributed by atoms with Crippen LogP contribution in [0.25, 0.3) is 0 Å². The molecule has 0 spiro atoms. The van der Waals surface area contributed by atoms with Crippen molar-refractivity contribution in [2.75, 3.05) is 13.1 Å². The van der Waals surface area contributed by atoms with Crippen LogP contribution in [0.4, 0.5) is 8.78 Å². The number of hydrogen-bond donors (Lipinski definition) is 1. The zero-order valence-electron chi connectivity index (χ0n) is 11.4. The Labute approximate surface area is 113 Å². The molecular weight excluding hydrogens is 248 g/mol. The molecule has 0 amide bonds. The maximum atomic E-state index is 13.9. The van der Waals surface area contributed by atoms with Gasteiger partial charge in [0.05, 0.1) is 6.10 Å². The van der Waals surface area contributed by atoms with Crippen LogP contribution in [0.2, 0.25) is 0 Å². The Morgan fingerprint density at radius 3 is 2.68 bits per heavy atom. The van der Waals surface area contributed by atoms with Crippen molar-refractivity contribution in [3.8, 4) is 0 Å². The van der Waals surface area contributed by atoms with E-state index in [0.29, 0.717) is 5.56 Å². The quantitative estimate of drug-likeness (QED) is 0.908. The molecule has 1 aromatic rings. The molecule has 19 heavy (non-hydrogen) atoms. The van der Waals surface area contributed by atoms with Gasteiger partial charge in [-0.2, -0.15) is 0 Å². The Bertz CT molecular complexity index is 436. The third-order valence-electron chi connectivity index (χ3n) is 4.09. The zero-order valence-corrected chi connectivity index (χ0v) is 11.4. The number of rotatable bonds is 4. The van der Waals surface area contributed by atoms with Crippen molar-refractivity contribution >= 4 is 0 Å². The molecule has 1 aromatic carbocycles. The maximum absolute atomic E-state index is 13.9. The van der Waals surface area contributed by atoms with Gasteiger partial charge in [0, 0.05) is 24.2 Å². The number of aliphatic hydroxyl groups is 1. The van der Waals surface area contributed by atoms with Crippen LogP contribution in [0.5, 0.6) is 0 Å². The lowest BCUT2D eigenvalue weighted by atomic mass is 10.0. The normalized spacial score (nSPS) is 23.5. The van der Waals surface area contributed by atoms with Gasteiger partial charge in [0.1, 0.15) is 11.6 Å². The molecule has 0 bridgehead atoms. The Kier molecular flexibility index (Phi) is 4.53. The molecule has 1 aliphatic heterocycles. The minimum Gasteiger partial charge on any atom is -0.393 e. The lowest BCUT2D eigenvalue weighted by Gasteiger charge is -2.28. The smallest absolute Gasteiger partial charge is 0.130 e. The van der Waals surface area contributed by atoms with Crippen LogP contribution < -0.4 is 0 Å². The molecule has 1 heterocycles. The minimum atomic E-state index is -0.542. The number of aliphatic hydroxyl groups excluding tert-OH is 1. The van der Waals surface area contributed by atoms with Crippen molar-refractivity contribution in [1.82, 2.24) is 4.90 Å². The monoisotopic (exact) mass is 269 g/mol. The summed E-state index contributed by atoms with van der Waals surface area (Å²) in [4.78, 5) is 2.19. The summed E-state index contributed by atoms with van der Waals surface area (Å²) in [6.07, 6.45) is 1.37. The molecule has 0 aliphatic carbocycles. The van der Waals surface area contributed by atoms with Crippen LogP contribution in [0.3, 0.4) is 0 Å². The van der Waals surface area contributed by atoms with Gasteiger partial charge in [0.15, 0.2) is 0 Å². The molecule has 106 valence electrons. The molecule has 1 aliphatic rings. The fourth-order valence-corrected chi connectivity index (χ4v) is 2.94. The zero-order chi connectivity index (χ0) is 14.0. The molecular formula is C15H21F2NO. The Morgan fingerprint density at radius 2 is 2.16 bits per heavy atom. The third-order valence-corrected chi connectivity index (χ3v) is 4.09. The molecule has 4 heteroatoms. The molecule has 1 fully saturated rings. The van der Waals surface area contributed by atoms with E-state index in [4.69, 9.17) is 0 Å². The van der Waals surface area contributed by atoms with Crippen molar-refractivity contribution in [2.45, 2.75) is 38.8 Å². The van der Waals surface area contributed by atoms with Crippen molar-refractivity contribution in [3.63, 3.8) is 0 Å². The molecule has 3 unspecified atom stereocenters. The Hall–Kier alpha value is -1.00. The molecule has 2 rings (SSSR count). The van der Waals surface area contributed by atoms with Crippen LogP contribution in [0, 0.1) is 17.6 Å². The standard InChI is InChI=1S/C15H21F2NO/c1-3-15(13-5-4-12(16)8-14(13)17)18-7-6-11(9-18)10(2)19/h4-5,8,10-11,15,19H,3,6-7,9H2,1-2H3. The highest BCUT2D eigenvalue weighted by Crippen LogP contribution is 2.32. The second-order valence-electron chi connectivity index (χ2n) is 5.37. The molecule has 2 nitrogen and oxygen atoms in total. The van der Waals surface area contributed by atoms with Gasteiger partial charge in [0.25, 0.3) is 0 Å². The molecule has 0 saturated carbocycles.